The van der Waals surface area contributed by atoms with E-state index in [1.807, 2.05) is 0 Å². The zero-order valence-electron chi connectivity index (χ0n) is 23.4. The fourth-order valence-corrected chi connectivity index (χ4v) is 7.87. The first kappa shape index (κ1) is 28.9. The second kappa shape index (κ2) is 9.46. The first-order valence-corrected chi connectivity index (χ1v) is 13.7. The third kappa shape index (κ3) is 3.76. The standard InChI is InChI=1S/C30H38O10/c1-15-18(32)11-12-30(37)25(39-26(36)17-9-7-6-8-10-17)23-28(5,24(35)22(34)21(15)27(30,3)4)19(33)13-20-29(23,14-38-20)40-16(2)31/h6-10,18-20,22-23,25,32-34,37H,11-14H2,1-5H3/t18-,19-,20+,22+,23-,25-,28+,29-,30+/m0/s1. The third-order valence-electron chi connectivity index (χ3n) is 10.2. The van der Waals surface area contributed by atoms with Gasteiger partial charge in [0, 0.05) is 18.8 Å². The number of Topliss-reactive ketones (excluding diaryl/α,β-unsaturated/α-hetero) is 1. The van der Waals surface area contributed by atoms with Gasteiger partial charge in [0.15, 0.2) is 11.4 Å². The Morgan fingerprint density at radius 2 is 1.73 bits per heavy atom. The molecule has 0 spiro atoms. The van der Waals surface area contributed by atoms with E-state index in [-0.39, 0.29) is 37.0 Å². The second-order valence-corrected chi connectivity index (χ2v) is 12.5. The van der Waals surface area contributed by atoms with Crippen molar-refractivity contribution in [2.24, 2.45) is 16.7 Å². The summed E-state index contributed by atoms with van der Waals surface area (Å²) < 4.78 is 17.9. The van der Waals surface area contributed by atoms with Crippen LogP contribution < -0.4 is 0 Å². The average molecular weight is 559 g/mol. The highest BCUT2D eigenvalue weighted by atomic mass is 16.6. The number of carbonyl (C=O) groups is 3. The molecular weight excluding hydrogens is 520 g/mol. The Morgan fingerprint density at radius 1 is 1.07 bits per heavy atom. The molecule has 2 bridgehead atoms. The molecule has 1 heterocycles. The molecule has 3 aliphatic carbocycles. The molecule has 1 aliphatic heterocycles. The van der Waals surface area contributed by atoms with Crippen molar-refractivity contribution >= 4 is 17.7 Å². The average Bonchev–Trinajstić information content (AvgIpc) is 2.96. The Morgan fingerprint density at radius 3 is 2.30 bits per heavy atom. The van der Waals surface area contributed by atoms with Gasteiger partial charge in [-0.15, -0.1) is 0 Å². The Hall–Kier alpha value is -2.63. The maximum atomic E-state index is 14.4. The highest BCUT2D eigenvalue weighted by Gasteiger charge is 2.77. The van der Waals surface area contributed by atoms with Crippen LogP contribution in [0.25, 0.3) is 0 Å². The number of aliphatic hydroxyl groups excluding tert-OH is 3. The summed E-state index contributed by atoms with van der Waals surface area (Å²) in [6.45, 7) is 7.38. The number of ketones is 1. The summed E-state index contributed by atoms with van der Waals surface area (Å²) in [5.74, 6) is -3.54. The maximum absolute atomic E-state index is 14.4. The van der Waals surface area contributed by atoms with Crippen LogP contribution >= 0.6 is 0 Å². The molecule has 0 radical (unpaired) electrons. The Labute approximate surface area is 232 Å². The first-order chi connectivity index (χ1) is 18.6. The minimum atomic E-state index is -1.98. The number of carbonyl (C=O) groups excluding carboxylic acids is 3. The molecule has 4 aliphatic rings. The molecule has 218 valence electrons. The van der Waals surface area contributed by atoms with Gasteiger partial charge in [0.25, 0.3) is 0 Å². The summed E-state index contributed by atoms with van der Waals surface area (Å²) in [7, 11) is 0. The lowest BCUT2D eigenvalue weighted by molar-refractivity contribution is -0.344. The van der Waals surface area contributed by atoms with E-state index in [1.54, 1.807) is 51.1 Å². The Bertz CT molecular complexity index is 1260. The molecule has 1 saturated heterocycles. The number of aliphatic hydroxyl groups is 4. The normalized spacial score (nSPS) is 42.3. The summed E-state index contributed by atoms with van der Waals surface area (Å²) in [6.07, 6.45) is -6.77. The molecule has 0 unspecified atom stereocenters. The van der Waals surface area contributed by atoms with E-state index < -0.39 is 76.2 Å². The molecule has 4 N–H and O–H groups in total. The van der Waals surface area contributed by atoms with E-state index in [0.29, 0.717) is 5.57 Å². The molecule has 2 saturated carbocycles. The van der Waals surface area contributed by atoms with Gasteiger partial charge in [-0.1, -0.05) is 32.0 Å². The number of hydrogen-bond acceptors (Lipinski definition) is 10. The predicted octanol–water partition coefficient (Wildman–Crippen LogP) is 1.47. The van der Waals surface area contributed by atoms with Crippen LogP contribution in [0.3, 0.4) is 0 Å². The van der Waals surface area contributed by atoms with Crippen LogP contribution in [0.1, 0.15) is 64.2 Å². The van der Waals surface area contributed by atoms with Crippen LogP contribution in [-0.4, -0.2) is 86.5 Å². The van der Waals surface area contributed by atoms with Crippen molar-refractivity contribution < 1.29 is 49.0 Å². The third-order valence-corrected chi connectivity index (χ3v) is 10.2. The molecule has 1 aromatic rings. The van der Waals surface area contributed by atoms with Crippen LogP contribution in [0.5, 0.6) is 0 Å². The van der Waals surface area contributed by atoms with E-state index in [0.717, 1.165) is 0 Å². The topological polar surface area (TPSA) is 160 Å². The van der Waals surface area contributed by atoms with Gasteiger partial charge in [-0.3, -0.25) is 9.59 Å². The number of rotatable bonds is 3. The molecule has 10 nitrogen and oxygen atoms in total. The fraction of sp³-hybridized carbons (Fsp3) is 0.633. The highest BCUT2D eigenvalue weighted by molar-refractivity contribution is 5.94. The van der Waals surface area contributed by atoms with E-state index in [4.69, 9.17) is 14.2 Å². The molecule has 3 fully saturated rings. The summed E-state index contributed by atoms with van der Waals surface area (Å²) in [5, 5.41) is 47.0. The van der Waals surface area contributed by atoms with Crippen molar-refractivity contribution in [1.82, 2.24) is 0 Å². The molecule has 0 amide bonds. The lowest BCUT2D eigenvalue weighted by Gasteiger charge is -2.66. The lowest BCUT2D eigenvalue weighted by atomic mass is 9.46. The molecule has 10 heteroatoms. The van der Waals surface area contributed by atoms with E-state index in [9.17, 15) is 34.8 Å². The number of hydrogen-bond donors (Lipinski definition) is 4. The zero-order chi connectivity index (χ0) is 29.4. The van der Waals surface area contributed by atoms with Crippen molar-refractivity contribution in [3.63, 3.8) is 0 Å². The van der Waals surface area contributed by atoms with Crippen LogP contribution in [-0.2, 0) is 23.8 Å². The summed E-state index contributed by atoms with van der Waals surface area (Å²) in [6, 6.07) is 8.14. The highest BCUT2D eigenvalue weighted by Crippen LogP contribution is 2.63. The van der Waals surface area contributed by atoms with Crippen LogP contribution in [0.2, 0.25) is 0 Å². The first-order valence-electron chi connectivity index (χ1n) is 13.7. The number of esters is 2. The van der Waals surface area contributed by atoms with E-state index in [1.165, 1.54) is 13.8 Å². The maximum Gasteiger partial charge on any atom is 0.338 e. The van der Waals surface area contributed by atoms with Crippen molar-refractivity contribution in [1.29, 1.82) is 0 Å². The van der Waals surface area contributed by atoms with Gasteiger partial charge in [0.1, 0.15) is 23.9 Å². The van der Waals surface area contributed by atoms with Gasteiger partial charge in [0.05, 0.1) is 35.7 Å². The molecule has 5 rings (SSSR count). The molecule has 0 aromatic heterocycles. The van der Waals surface area contributed by atoms with Gasteiger partial charge in [-0.2, -0.15) is 0 Å². The summed E-state index contributed by atoms with van der Waals surface area (Å²) >= 11 is 0. The van der Waals surface area contributed by atoms with E-state index >= 15 is 0 Å². The summed E-state index contributed by atoms with van der Waals surface area (Å²) in [5.41, 5.74) is -6.13. The van der Waals surface area contributed by atoms with Gasteiger partial charge < -0.3 is 34.6 Å². The zero-order valence-corrected chi connectivity index (χ0v) is 23.4. The molecular formula is C30H38O10. The largest absolute Gasteiger partial charge is 0.455 e. The van der Waals surface area contributed by atoms with Crippen molar-refractivity contribution in [3.8, 4) is 0 Å². The van der Waals surface area contributed by atoms with Crippen molar-refractivity contribution in [3.05, 3.63) is 47.0 Å². The minimum absolute atomic E-state index is 0.0437. The van der Waals surface area contributed by atoms with Crippen molar-refractivity contribution in [2.45, 2.75) is 95.6 Å². The van der Waals surface area contributed by atoms with Crippen LogP contribution in [0, 0.1) is 16.7 Å². The van der Waals surface area contributed by atoms with Crippen molar-refractivity contribution in [2.75, 3.05) is 6.61 Å². The predicted molar refractivity (Wildman–Crippen MR) is 140 cm³/mol. The van der Waals surface area contributed by atoms with Gasteiger partial charge >= 0.3 is 11.9 Å². The monoisotopic (exact) mass is 558 g/mol. The van der Waals surface area contributed by atoms with Gasteiger partial charge in [0.2, 0.25) is 0 Å². The second-order valence-electron chi connectivity index (χ2n) is 12.5. The Balaban J connectivity index is 1.82. The fourth-order valence-electron chi connectivity index (χ4n) is 7.87. The van der Waals surface area contributed by atoms with Crippen LogP contribution in [0.4, 0.5) is 0 Å². The Kier molecular flexibility index (Phi) is 6.83. The number of benzene rings is 1. The lowest BCUT2D eigenvalue weighted by Crippen LogP contribution is -2.81. The SMILES string of the molecule is CC(=O)O[C@@]12CO[C@@H]1C[C@H](O)[C@@]1(C)C(=O)[C@H](O)C3=C(C)[C@@H](O)CC[C@@](O)([C@@H](OC(=O)c4ccccc4)[C@H]21)C3(C)C. The van der Waals surface area contributed by atoms with E-state index in [2.05, 4.69) is 0 Å². The van der Waals surface area contributed by atoms with Crippen LogP contribution in [0.15, 0.2) is 41.5 Å². The number of ether oxygens (including phenoxy) is 3. The minimum Gasteiger partial charge on any atom is -0.455 e. The number of fused-ring (bicyclic) bond motifs is 5. The molecule has 40 heavy (non-hydrogen) atoms. The summed E-state index contributed by atoms with van der Waals surface area (Å²) in [4.78, 5) is 40.5. The molecule has 1 aromatic carbocycles. The smallest absolute Gasteiger partial charge is 0.338 e. The molecule has 9 atom stereocenters. The van der Waals surface area contributed by atoms with Gasteiger partial charge in [-0.05, 0) is 50.0 Å². The quantitative estimate of drug-likeness (QED) is 0.316. The van der Waals surface area contributed by atoms with Gasteiger partial charge in [-0.25, -0.2) is 4.79 Å².